The highest BCUT2D eigenvalue weighted by atomic mass is 35.5. The second-order valence-corrected chi connectivity index (χ2v) is 6.38. The van der Waals surface area contributed by atoms with E-state index in [9.17, 15) is 9.90 Å². The van der Waals surface area contributed by atoms with E-state index in [4.69, 9.17) is 0 Å². The van der Waals surface area contributed by atoms with E-state index in [2.05, 4.69) is 41.4 Å². The first-order chi connectivity index (χ1) is 10.6. The average Bonchev–Trinajstić information content (AvgIpc) is 2.96. The van der Waals surface area contributed by atoms with Gasteiger partial charge in [-0.25, -0.2) is 0 Å². The summed E-state index contributed by atoms with van der Waals surface area (Å²) in [4.78, 5) is 16.7. The first-order valence-corrected chi connectivity index (χ1v) is 8.10. The maximum Gasteiger partial charge on any atom is 0.239 e. The third-order valence-electron chi connectivity index (χ3n) is 4.74. The number of aryl methyl sites for hydroxylation is 1. The van der Waals surface area contributed by atoms with Crippen LogP contribution < -0.4 is 5.32 Å². The van der Waals surface area contributed by atoms with Crippen LogP contribution in [0.25, 0.3) is 0 Å². The SMILES string of the molecule is Cc1ccccc1CN1CCN(C(=O)C2CC(O)CN2)CC1.Cl.Cl. The number of aliphatic hydroxyl groups excluding tert-OH is 1. The first kappa shape index (κ1) is 21.2. The number of aliphatic hydroxyl groups is 1. The van der Waals surface area contributed by atoms with Crippen molar-refractivity contribution in [3.63, 3.8) is 0 Å². The van der Waals surface area contributed by atoms with Crippen LogP contribution in [-0.2, 0) is 11.3 Å². The van der Waals surface area contributed by atoms with E-state index in [-0.39, 0.29) is 42.9 Å². The summed E-state index contributed by atoms with van der Waals surface area (Å²) < 4.78 is 0. The topological polar surface area (TPSA) is 55.8 Å². The van der Waals surface area contributed by atoms with Crippen LogP contribution in [0, 0.1) is 6.92 Å². The normalized spacial score (nSPS) is 24.2. The number of benzene rings is 1. The van der Waals surface area contributed by atoms with Crippen molar-refractivity contribution in [2.45, 2.75) is 32.0 Å². The van der Waals surface area contributed by atoms with Crippen molar-refractivity contribution in [3.05, 3.63) is 35.4 Å². The molecule has 0 saturated carbocycles. The Kier molecular flexibility index (Phi) is 8.46. The van der Waals surface area contributed by atoms with Crippen molar-refractivity contribution in [1.82, 2.24) is 15.1 Å². The standard InChI is InChI=1S/C17H25N3O2.2ClH/c1-13-4-2-3-5-14(13)12-19-6-8-20(9-7-19)17(22)16-10-15(21)11-18-16;;/h2-5,15-16,18,21H,6-12H2,1H3;2*1H. The molecule has 5 nitrogen and oxygen atoms in total. The van der Waals surface area contributed by atoms with Gasteiger partial charge in [0.2, 0.25) is 5.91 Å². The Balaban J connectivity index is 0.00000144. The van der Waals surface area contributed by atoms with Crippen molar-refractivity contribution in [2.24, 2.45) is 0 Å². The van der Waals surface area contributed by atoms with Gasteiger partial charge < -0.3 is 15.3 Å². The Bertz CT molecular complexity index is 536. The molecule has 1 amide bonds. The van der Waals surface area contributed by atoms with E-state index in [0.717, 1.165) is 32.7 Å². The highest BCUT2D eigenvalue weighted by molar-refractivity contribution is 5.85. The fraction of sp³-hybridized carbons (Fsp3) is 0.588. The monoisotopic (exact) mass is 375 g/mol. The number of hydrogen-bond donors (Lipinski definition) is 2. The van der Waals surface area contributed by atoms with Gasteiger partial charge in [-0.2, -0.15) is 0 Å². The average molecular weight is 376 g/mol. The molecule has 24 heavy (non-hydrogen) atoms. The Morgan fingerprint density at radius 3 is 2.46 bits per heavy atom. The zero-order valence-corrected chi connectivity index (χ0v) is 15.6. The predicted molar refractivity (Wildman–Crippen MR) is 99.9 cm³/mol. The number of nitrogens with zero attached hydrogens (tertiary/aromatic N) is 2. The van der Waals surface area contributed by atoms with Crippen LogP contribution in [0.4, 0.5) is 0 Å². The van der Waals surface area contributed by atoms with Crippen molar-refractivity contribution < 1.29 is 9.90 Å². The van der Waals surface area contributed by atoms with Crippen LogP contribution in [0.2, 0.25) is 0 Å². The van der Waals surface area contributed by atoms with Gasteiger partial charge in [0.25, 0.3) is 0 Å². The first-order valence-electron chi connectivity index (χ1n) is 8.10. The zero-order chi connectivity index (χ0) is 15.5. The molecule has 2 atom stereocenters. The highest BCUT2D eigenvalue weighted by Gasteiger charge is 2.32. The summed E-state index contributed by atoms with van der Waals surface area (Å²) in [6.07, 6.45) is 0.165. The zero-order valence-electron chi connectivity index (χ0n) is 14.0. The molecule has 2 aliphatic rings. The predicted octanol–water partition coefficient (Wildman–Crippen LogP) is 1.21. The van der Waals surface area contributed by atoms with E-state index in [1.54, 1.807) is 0 Å². The number of halogens is 2. The highest BCUT2D eigenvalue weighted by Crippen LogP contribution is 2.15. The Labute approximate surface area is 156 Å². The molecule has 7 heteroatoms. The maximum absolute atomic E-state index is 12.4. The quantitative estimate of drug-likeness (QED) is 0.833. The third kappa shape index (κ3) is 5.07. The summed E-state index contributed by atoms with van der Waals surface area (Å²) in [5.41, 5.74) is 2.69. The van der Waals surface area contributed by atoms with E-state index in [1.807, 2.05) is 4.90 Å². The second kappa shape index (κ2) is 9.59. The summed E-state index contributed by atoms with van der Waals surface area (Å²) >= 11 is 0. The number of carbonyl (C=O) groups is 1. The molecule has 136 valence electrons. The number of rotatable bonds is 3. The van der Waals surface area contributed by atoms with Crippen LogP contribution in [0.3, 0.4) is 0 Å². The minimum atomic E-state index is -0.378. The lowest BCUT2D eigenvalue weighted by molar-refractivity contribution is -0.135. The summed E-state index contributed by atoms with van der Waals surface area (Å²) in [5.74, 6) is 0.145. The Morgan fingerprint density at radius 2 is 1.88 bits per heavy atom. The summed E-state index contributed by atoms with van der Waals surface area (Å²) in [6.45, 7) is 7.01. The molecular weight excluding hydrogens is 349 g/mol. The molecular formula is C17H27Cl2N3O2. The number of amides is 1. The summed E-state index contributed by atoms with van der Waals surface area (Å²) in [5, 5.41) is 12.6. The van der Waals surface area contributed by atoms with Crippen LogP contribution in [0.1, 0.15) is 17.5 Å². The van der Waals surface area contributed by atoms with Gasteiger partial charge in [0.05, 0.1) is 12.1 Å². The number of β-amino-alcohol motifs (C(OH)–C–C–N with tert-alkyl or cyclic N) is 1. The van der Waals surface area contributed by atoms with E-state index < -0.39 is 0 Å². The van der Waals surface area contributed by atoms with Gasteiger partial charge in [-0.15, -0.1) is 24.8 Å². The molecule has 2 fully saturated rings. The van der Waals surface area contributed by atoms with Crippen molar-refractivity contribution >= 4 is 30.7 Å². The molecule has 2 N–H and O–H groups in total. The van der Waals surface area contributed by atoms with Gasteiger partial charge in [-0.1, -0.05) is 24.3 Å². The Morgan fingerprint density at radius 1 is 1.21 bits per heavy atom. The fourth-order valence-electron chi connectivity index (χ4n) is 3.28. The van der Waals surface area contributed by atoms with Crippen molar-refractivity contribution in [2.75, 3.05) is 32.7 Å². The van der Waals surface area contributed by atoms with Gasteiger partial charge in [0, 0.05) is 39.3 Å². The third-order valence-corrected chi connectivity index (χ3v) is 4.74. The number of piperazine rings is 1. The molecule has 0 spiro atoms. The number of hydrogen-bond acceptors (Lipinski definition) is 4. The van der Waals surface area contributed by atoms with E-state index >= 15 is 0 Å². The fourth-order valence-corrected chi connectivity index (χ4v) is 3.28. The molecule has 3 rings (SSSR count). The van der Waals surface area contributed by atoms with Crippen molar-refractivity contribution in [1.29, 1.82) is 0 Å². The molecule has 0 bridgehead atoms. The smallest absolute Gasteiger partial charge is 0.239 e. The van der Waals surface area contributed by atoms with Gasteiger partial charge in [0.1, 0.15) is 0 Å². The largest absolute Gasteiger partial charge is 0.392 e. The van der Waals surface area contributed by atoms with E-state index in [0.29, 0.717) is 13.0 Å². The van der Waals surface area contributed by atoms with Gasteiger partial charge >= 0.3 is 0 Å². The minimum Gasteiger partial charge on any atom is -0.392 e. The lowest BCUT2D eigenvalue weighted by atomic mass is 10.1. The van der Waals surface area contributed by atoms with Gasteiger partial charge in [-0.3, -0.25) is 9.69 Å². The molecule has 2 heterocycles. The lowest BCUT2D eigenvalue weighted by Crippen LogP contribution is -2.52. The van der Waals surface area contributed by atoms with Crippen LogP contribution in [-0.4, -0.2) is 65.7 Å². The number of carbonyl (C=O) groups excluding carboxylic acids is 1. The molecule has 1 aromatic rings. The summed E-state index contributed by atoms with van der Waals surface area (Å²) in [6, 6.07) is 8.28. The maximum atomic E-state index is 12.4. The lowest BCUT2D eigenvalue weighted by Gasteiger charge is -2.36. The molecule has 2 aliphatic heterocycles. The molecule has 0 aromatic heterocycles. The summed E-state index contributed by atoms with van der Waals surface area (Å²) in [7, 11) is 0. The van der Waals surface area contributed by atoms with Crippen LogP contribution in [0.15, 0.2) is 24.3 Å². The van der Waals surface area contributed by atoms with Gasteiger partial charge in [-0.05, 0) is 24.5 Å². The second-order valence-electron chi connectivity index (χ2n) is 6.38. The molecule has 2 unspecified atom stereocenters. The molecule has 2 saturated heterocycles. The molecule has 1 aromatic carbocycles. The van der Waals surface area contributed by atoms with Gasteiger partial charge in [0.15, 0.2) is 0 Å². The number of nitrogens with one attached hydrogen (secondary N) is 1. The minimum absolute atomic E-state index is 0. The van der Waals surface area contributed by atoms with Crippen molar-refractivity contribution in [3.8, 4) is 0 Å². The van der Waals surface area contributed by atoms with E-state index in [1.165, 1.54) is 11.1 Å². The molecule has 0 radical (unpaired) electrons. The van der Waals surface area contributed by atoms with Crippen LogP contribution >= 0.6 is 24.8 Å². The Hall–Kier alpha value is -0.850. The molecule has 0 aliphatic carbocycles. The van der Waals surface area contributed by atoms with Crippen LogP contribution in [0.5, 0.6) is 0 Å².